The van der Waals surface area contributed by atoms with Crippen LogP contribution in [0.2, 0.25) is 0 Å². The quantitative estimate of drug-likeness (QED) is 0.293. The molecule has 0 aromatic carbocycles. The summed E-state index contributed by atoms with van der Waals surface area (Å²) in [5.74, 6) is 0. The van der Waals surface area contributed by atoms with Crippen molar-refractivity contribution < 1.29 is 83.4 Å². The molecule has 0 bridgehead atoms. The van der Waals surface area contributed by atoms with Gasteiger partial charge in [-0.2, -0.15) is 0 Å². The van der Waals surface area contributed by atoms with E-state index >= 15 is 0 Å². The van der Waals surface area contributed by atoms with Crippen molar-refractivity contribution >= 4 is 0 Å². The van der Waals surface area contributed by atoms with E-state index in [2.05, 4.69) is 0 Å². The monoisotopic (exact) mass is 344 g/mol. The van der Waals surface area contributed by atoms with E-state index in [1.54, 1.807) is 0 Å². The zero-order chi connectivity index (χ0) is 9.84. The number of hydrogen-bond donors (Lipinski definition) is 4. The van der Waals surface area contributed by atoms with Gasteiger partial charge in [-0.15, -0.1) is 0 Å². The molecule has 1 aliphatic heterocycles. The molecule has 0 amide bonds. The minimum Gasteiger partial charge on any atom is -1.00 e. The van der Waals surface area contributed by atoms with Crippen LogP contribution in [0.4, 0.5) is 0 Å². The molecule has 1 rings (SSSR count). The summed E-state index contributed by atoms with van der Waals surface area (Å²) in [5, 5.41) is 36.3. The van der Waals surface area contributed by atoms with Crippen LogP contribution in [-0.4, -0.2) is 64.8 Å². The van der Waals surface area contributed by atoms with E-state index in [-0.39, 0.29) is 60.3 Å². The van der Waals surface area contributed by atoms with Crippen molar-refractivity contribution in [1.82, 2.24) is 0 Å². The van der Waals surface area contributed by atoms with Gasteiger partial charge in [-0.25, -0.2) is 0 Å². The molecule has 0 aliphatic carbocycles. The fraction of sp³-hybridized carbons (Fsp3) is 1.00. The number of rotatable bonds is 2. The van der Waals surface area contributed by atoms with Gasteiger partial charge in [0.1, 0.15) is 31.2 Å². The van der Waals surface area contributed by atoms with Gasteiger partial charge in [0.15, 0.2) is 0 Å². The van der Waals surface area contributed by atoms with E-state index in [9.17, 15) is 10.2 Å². The van der Waals surface area contributed by atoms with Crippen LogP contribution in [0.3, 0.4) is 0 Å². The number of ether oxygens (including phenoxy) is 2. The van der Waals surface area contributed by atoms with Gasteiger partial charge in [0.2, 0.25) is 0 Å². The first-order valence-electron chi connectivity index (χ1n) is 4.01. The van der Waals surface area contributed by atoms with Gasteiger partial charge >= 0.3 is 29.6 Å². The smallest absolute Gasteiger partial charge is 1.00 e. The Kier molecular flexibility index (Phi) is 12.0. The van der Waals surface area contributed by atoms with E-state index in [1.165, 1.54) is 0 Å². The predicted octanol–water partition coefficient (Wildman–Crippen LogP) is -8.56. The van der Waals surface area contributed by atoms with Gasteiger partial charge in [0.25, 0.3) is 0 Å². The van der Waals surface area contributed by atoms with Gasteiger partial charge in [-0.05, 0) is 0 Å². The van der Waals surface area contributed by atoms with Gasteiger partial charge in [0, 0.05) is 0 Å². The van der Waals surface area contributed by atoms with E-state index in [0.717, 1.165) is 0 Å². The summed E-state index contributed by atoms with van der Waals surface area (Å²) >= 11 is 0. The van der Waals surface area contributed by atoms with Crippen molar-refractivity contribution in [2.75, 3.05) is 20.0 Å². The molecular weight excluding hydrogens is 330 g/mol. The molecule has 1 fully saturated rings. The summed E-state index contributed by atoms with van der Waals surface area (Å²) in [5.41, 5.74) is 0. The molecule has 0 saturated carbocycles. The third-order valence-corrected chi connectivity index (χ3v) is 2.04. The van der Waals surface area contributed by atoms with Crippen molar-refractivity contribution in [2.24, 2.45) is 0 Å². The Morgan fingerprint density at radius 2 is 1.27 bits per heavy atom. The normalized spacial score (nSPS) is 36.0. The van der Waals surface area contributed by atoms with Gasteiger partial charge in [-0.3, -0.25) is 0 Å². The van der Waals surface area contributed by atoms with Crippen molar-refractivity contribution in [2.45, 2.75) is 24.4 Å². The van der Waals surface area contributed by atoms with Crippen LogP contribution in [0.5, 0.6) is 0 Å². The Morgan fingerprint density at radius 3 is 1.53 bits per heavy atom. The van der Waals surface area contributed by atoms with Gasteiger partial charge in [0.05, 0.1) is 13.2 Å². The Bertz CT molecular complexity index is 146. The number of aliphatic hydroxyl groups excluding tert-OH is 4. The zero-order valence-corrected chi connectivity index (χ0v) is 12.6. The van der Waals surface area contributed by atoms with Crippen molar-refractivity contribution in [1.29, 1.82) is 0 Å². The maximum absolute atomic E-state index is 9.39. The molecule has 0 unspecified atom stereocenters. The van der Waals surface area contributed by atoms with E-state index in [4.69, 9.17) is 19.7 Å². The molecule has 8 heteroatoms. The molecule has 4 atom stereocenters. The Labute approximate surface area is 127 Å². The summed E-state index contributed by atoms with van der Waals surface area (Å²) in [6.45, 7) is -0.968. The predicted molar refractivity (Wildman–Crippen MR) is 40.8 cm³/mol. The molecule has 0 radical (unpaired) electrons. The molecule has 1 heterocycles. The topological polar surface area (TPSA) is 99.4 Å². The average molecular weight is 344 g/mol. The molecule has 0 spiro atoms. The van der Waals surface area contributed by atoms with Crippen LogP contribution in [0.15, 0.2) is 0 Å². The minimum absolute atomic E-state index is 0. The molecule has 6 nitrogen and oxygen atoms in total. The largest absolute Gasteiger partial charge is 1.00 e. The SMILES string of the molecule is OC[C@H]1OCO[C@H](CO)[C@@H](O)[C@@H]1O.[I-].[Na+]. The maximum atomic E-state index is 9.39. The molecular formula is C7H14INaO6. The third-order valence-electron chi connectivity index (χ3n) is 2.04. The summed E-state index contributed by atoms with van der Waals surface area (Å²) in [6.07, 6.45) is -4.23. The first-order chi connectivity index (χ1) is 6.20. The second kappa shape index (κ2) is 9.51. The zero-order valence-electron chi connectivity index (χ0n) is 8.41. The number of hydrogen-bond acceptors (Lipinski definition) is 6. The Hall–Kier alpha value is 1.49. The van der Waals surface area contributed by atoms with Crippen LogP contribution >= 0.6 is 0 Å². The second-order valence-electron chi connectivity index (χ2n) is 2.87. The van der Waals surface area contributed by atoms with E-state index in [0.29, 0.717) is 0 Å². The molecule has 1 saturated heterocycles. The van der Waals surface area contributed by atoms with E-state index in [1.807, 2.05) is 0 Å². The molecule has 86 valence electrons. The number of aliphatic hydroxyl groups is 4. The summed E-state index contributed by atoms with van der Waals surface area (Å²) in [6, 6.07) is 0. The van der Waals surface area contributed by atoms with Crippen molar-refractivity contribution in [3.8, 4) is 0 Å². The molecule has 1 aliphatic rings. The molecule has 0 aromatic rings. The first-order valence-corrected chi connectivity index (χ1v) is 4.01. The van der Waals surface area contributed by atoms with Crippen molar-refractivity contribution in [3.63, 3.8) is 0 Å². The first kappa shape index (κ1) is 18.8. The van der Waals surface area contributed by atoms with Gasteiger partial charge < -0.3 is 53.9 Å². The Balaban J connectivity index is 0. The number of halogens is 1. The van der Waals surface area contributed by atoms with E-state index < -0.39 is 37.6 Å². The second-order valence-corrected chi connectivity index (χ2v) is 2.87. The van der Waals surface area contributed by atoms with Crippen molar-refractivity contribution in [3.05, 3.63) is 0 Å². The average Bonchev–Trinajstić information content (AvgIpc) is 2.28. The molecule has 15 heavy (non-hydrogen) atoms. The molecule has 4 N–H and O–H groups in total. The standard InChI is InChI=1S/C7H14O6.HI.Na/c8-1-4-6(10)7(11)5(2-9)13-3-12-4;;/h4-11H,1-3H2;1H;/q;;+1/p-1/t4-,5-,6-,7-;;/m1../s1. The molecule has 0 aromatic heterocycles. The van der Waals surface area contributed by atoms with Crippen LogP contribution < -0.4 is 53.5 Å². The minimum atomic E-state index is -1.25. The van der Waals surface area contributed by atoms with Gasteiger partial charge in [-0.1, -0.05) is 0 Å². The third kappa shape index (κ3) is 5.11. The summed E-state index contributed by atoms with van der Waals surface area (Å²) in [4.78, 5) is 0. The Morgan fingerprint density at radius 1 is 0.933 bits per heavy atom. The maximum Gasteiger partial charge on any atom is 1.00 e. The van der Waals surface area contributed by atoms with Crippen LogP contribution in [0, 0.1) is 0 Å². The fourth-order valence-corrected chi connectivity index (χ4v) is 1.17. The van der Waals surface area contributed by atoms with Crippen LogP contribution in [0.1, 0.15) is 0 Å². The van der Waals surface area contributed by atoms with Crippen LogP contribution in [0.25, 0.3) is 0 Å². The summed E-state index contributed by atoms with van der Waals surface area (Å²) in [7, 11) is 0. The fourth-order valence-electron chi connectivity index (χ4n) is 1.17. The summed E-state index contributed by atoms with van der Waals surface area (Å²) < 4.78 is 9.75. The van der Waals surface area contributed by atoms with Crippen LogP contribution in [-0.2, 0) is 9.47 Å².